The fraction of sp³-hybridized carbons (Fsp3) is 0.364. The zero-order chi connectivity index (χ0) is 11.5. The largest absolute Gasteiger partial charge is 0.379 e. The monoisotopic (exact) mass is 231 g/mol. The lowest BCUT2D eigenvalue weighted by molar-refractivity contribution is 0.0492. The Morgan fingerprint density at radius 2 is 1.82 bits per heavy atom. The summed E-state index contributed by atoms with van der Waals surface area (Å²) in [5, 5.41) is 10.2. The normalized spacial score (nSPS) is 17.2. The highest BCUT2D eigenvalue weighted by molar-refractivity contribution is 5.73. The van der Waals surface area contributed by atoms with Crippen molar-refractivity contribution in [2.75, 3.05) is 31.7 Å². The van der Waals surface area contributed by atoms with E-state index in [0.29, 0.717) is 5.95 Å². The van der Waals surface area contributed by atoms with Crippen LogP contribution >= 0.6 is 0 Å². The van der Waals surface area contributed by atoms with Crippen molar-refractivity contribution in [3.05, 3.63) is 24.3 Å². The van der Waals surface area contributed by atoms with Crippen LogP contribution in [0.25, 0.3) is 11.0 Å². The summed E-state index contributed by atoms with van der Waals surface area (Å²) in [6, 6.07) is 7.69. The lowest BCUT2D eigenvalue weighted by Gasteiger charge is -2.26. The Morgan fingerprint density at radius 3 is 2.65 bits per heavy atom. The number of morpholine rings is 1. The zero-order valence-corrected chi connectivity index (χ0v) is 9.33. The second-order valence-corrected chi connectivity index (χ2v) is 3.84. The predicted octanol–water partition coefficient (Wildman–Crippen LogP) is 0.684. The number of rotatable bonds is 2. The van der Waals surface area contributed by atoms with Gasteiger partial charge in [-0.15, -0.1) is 10.2 Å². The van der Waals surface area contributed by atoms with Gasteiger partial charge in [-0.2, -0.15) is 0 Å². The van der Waals surface area contributed by atoms with Gasteiger partial charge in [0.05, 0.1) is 18.7 Å². The molecule has 6 heteroatoms. The fourth-order valence-electron chi connectivity index (χ4n) is 1.74. The van der Waals surface area contributed by atoms with Crippen LogP contribution in [0.4, 0.5) is 5.95 Å². The van der Waals surface area contributed by atoms with Crippen molar-refractivity contribution in [2.24, 2.45) is 0 Å². The summed E-state index contributed by atoms with van der Waals surface area (Å²) in [6.07, 6.45) is 0. The quantitative estimate of drug-likeness (QED) is 0.820. The number of para-hydroxylation sites is 1. The molecule has 6 nitrogen and oxygen atoms in total. The van der Waals surface area contributed by atoms with E-state index in [0.717, 1.165) is 37.3 Å². The number of nitrogens with one attached hydrogen (secondary N) is 1. The van der Waals surface area contributed by atoms with Gasteiger partial charge in [-0.25, -0.2) is 9.99 Å². The molecular weight excluding hydrogens is 218 g/mol. The smallest absolute Gasteiger partial charge is 0.257 e. The van der Waals surface area contributed by atoms with E-state index in [1.54, 1.807) is 0 Å². The summed E-state index contributed by atoms with van der Waals surface area (Å²) in [4.78, 5) is 4.40. The second-order valence-electron chi connectivity index (χ2n) is 3.84. The van der Waals surface area contributed by atoms with Crippen LogP contribution < -0.4 is 5.43 Å². The number of fused-ring (bicyclic) bond motifs is 1. The molecule has 0 saturated carbocycles. The standard InChI is InChI=1S/C11H13N5O/c1-2-4-10-9(3-1)12-11(14-13-10)15-16-5-7-17-8-6-16/h1-4H,5-8H2,(H,12,14,15). The molecule has 1 aromatic carbocycles. The average molecular weight is 231 g/mol. The molecule has 2 heterocycles. The Balaban J connectivity index is 1.80. The Bertz CT molecular complexity index is 512. The first-order valence-electron chi connectivity index (χ1n) is 5.61. The minimum Gasteiger partial charge on any atom is -0.379 e. The zero-order valence-electron chi connectivity index (χ0n) is 9.33. The van der Waals surface area contributed by atoms with Gasteiger partial charge in [0.1, 0.15) is 5.52 Å². The lowest BCUT2D eigenvalue weighted by Crippen LogP contribution is -2.40. The topological polar surface area (TPSA) is 63.2 Å². The number of hydrogen-bond donors (Lipinski definition) is 1. The number of hydrazine groups is 1. The molecule has 88 valence electrons. The summed E-state index contributed by atoms with van der Waals surface area (Å²) in [5.74, 6) is 0.533. The third-order valence-corrected chi connectivity index (χ3v) is 2.63. The molecule has 2 aromatic rings. The molecular formula is C11H13N5O. The maximum absolute atomic E-state index is 5.27. The van der Waals surface area contributed by atoms with Crippen molar-refractivity contribution >= 4 is 17.0 Å². The summed E-state index contributed by atoms with van der Waals surface area (Å²) in [5.41, 5.74) is 4.79. The van der Waals surface area contributed by atoms with Crippen LogP contribution in [0.1, 0.15) is 0 Å². The third kappa shape index (κ3) is 2.32. The van der Waals surface area contributed by atoms with Gasteiger partial charge in [-0.05, 0) is 12.1 Å². The van der Waals surface area contributed by atoms with E-state index in [2.05, 4.69) is 20.6 Å². The molecule has 1 aliphatic heterocycles. The van der Waals surface area contributed by atoms with Crippen LogP contribution in [-0.4, -0.2) is 46.5 Å². The average Bonchev–Trinajstić information content (AvgIpc) is 2.40. The Morgan fingerprint density at radius 1 is 1.06 bits per heavy atom. The summed E-state index contributed by atoms with van der Waals surface area (Å²) in [7, 11) is 0. The Hall–Kier alpha value is -1.79. The molecule has 3 rings (SSSR count). The summed E-state index contributed by atoms with van der Waals surface area (Å²) >= 11 is 0. The first-order chi connectivity index (χ1) is 8.42. The van der Waals surface area contributed by atoms with Crippen molar-refractivity contribution in [2.45, 2.75) is 0 Å². The van der Waals surface area contributed by atoms with Crippen LogP contribution in [0.15, 0.2) is 24.3 Å². The van der Waals surface area contributed by atoms with E-state index in [-0.39, 0.29) is 0 Å². The molecule has 0 aliphatic carbocycles. The first kappa shape index (κ1) is 10.4. The molecule has 0 radical (unpaired) electrons. The molecule has 0 unspecified atom stereocenters. The van der Waals surface area contributed by atoms with Crippen LogP contribution in [0, 0.1) is 0 Å². The lowest BCUT2D eigenvalue weighted by atomic mass is 10.3. The molecule has 1 aromatic heterocycles. The predicted molar refractivity (Wildman–Crippen MR) is 63.3 cm³/mol. The van der Waals surface area contributed by atoms with Gasteiger partial charge in [0.25, 0.3) is 5.95 Å². The van der Waals surface area contributed by atoms with Crippen molar-refractivity contribution in [3.63, 3.8) is 0 Å². The highest BCUT2D eigenvalue weighted by Crippen LogP contribution is 2.09. The van der Waals surface area contributed by atoms with Gasteiger partial charge < -0.3 is 4.74 Å². The van der Waals surface area contributed by atoms with E-state index in [4.69, 9.17) is 4.74 Å². The van der Waals surface area contributed by atoms with Crippen molar-refractivity contribution in [1.82, 2.24) is 20.2 Å². The van der Waals surface area contributed by atoms with E-state index in [9.17, 15) is 0 Å². The minimum absolute atomic E-state index is 0.533. The number of hydrogen-bond acceptors (Lipinski definition) is 6. The maximum Gasteiger partial charge on any atom is 0.257 e. The first-order valence-corrected chi connectivity index (χ1v) is 5.61. The number of ether oxygens (including phenoxy) is 1. The highest BCUT2D eigenvalue weighted by Gasteiger charge is 2.11. The van der Waals surface area contributed by atoms with Gasteiger partial charge >= 0.3 is 0 Å². The Kier molecular flexibility index (Phi) is 2.81. The van der Waals surface area contributed by atoms with Gasteiger partial charge in [0, 0.05) is 13.1 Å². The van der Waals surface area contributed by atoms with Crippen LogP contribution in [0.5, 0.6) is 0 Å². The fourth-order valence-corrected chi connectivity index (χ4v) is 1.74. The van der Waals surface area contributed by atoms with E-state index in [1.807, 2.05) is 29.3 Å². The van der Waals surface area contributed by atoms with E-state index in [1.165, 1.54) is 0 Å². The third-order valence-electron chi connectivity index (χ3n) is 2.63. The van der Waals surface area contributed by atoms with E-state index < -0.39 is 0 Å². The number of aromatic nitrogens is 3. The molecule has 17 heavy (non-hydrogen) atoms. The molecule has 0 spiro atoms. The molecule has 1 fully saturated rings. The van der Waals surface area contributed by atoms with Gasteiger partial charge in [0.15, 0.2) is 0 Å². The van der Waals surface area contributed by atoms with Crippen LogP contribution in [0.2, 0.25) is 0 Å². The van der Waals surface area contributed by atoms with Gasteiger partial charge in [-0.3, -0.25) is 5.43 Å². The van der Waals surface area contributed by atoms with Gasteiger partial charge in [-0.1, -0.05) is 12.1 Å². The number of anilines is 1. The Labute approximate surface area is 98.6 Å². The van der Waals surface area contributed by atoms with Crippen molar-refractivity contribution in [3.8, 4) is 0 Å². The van der Waals surface area contributed by atoms with Crippen molar-refractivity contribution in [1.29, 1.82) is 0 Å². The van der Waals surface area contributed by atoms with Gasteiger partial charge in [0.2, 0.25) is 0 Å². The molecule has 1 aliphatic rings. The molecule has 0 amide bonds. The molecule has 0 bridgehead atoms. The molecule has 0 atom stereocenters. The highest BCUT2D eigenvalue weighted by atomic mass is 16.5. The molecule has 1 saturated heterocycles. The summed E-state index contributed by atoms with van der Waals surface area (Å²) in [6.45, 7) is 3.12. The van der Waals surface area contributed by atoms with Crippen LogP contribution in [-0.2, 0) is 4.74 Å². The van der Waals surface area contributed by atoms with E-state index >= 15 is 0 Å². The SMILES string of the molecule is c1ccc2nc(NN3CCOCC3)nnc2c1. The summed E-state index contributed by atoms with van der Waals surface area (Å²) < 4.78 is 5.27. The van der Waals surface area contributed by atoms with Crippen LogP contribution in [0.3, 0.4) is 0 Å². The second kappa shape index (κ2) is 4.60. The minimum atomic E-state index is 0.533. The number of benzene rings is 1. The number of nitrogens with zero attached hydrogens (tertiary/aromatic N) is 4. The molecule has 1 N–H and O–H groups in total. The maximum atomic E-state index is 5.27. The van der Waals surface area contributed by atoms with Crippen molar-refractivity contribution < 1.29 is 4.74 Å².